The van der Waals surface area contributed by atoms with E-state index in [1.54, 1.807) is 12.1 Å². The van der Waals surface area contributed by atoms with Gasteiger partial charge in [-0.2, -0.15) is 0 Å². The first kappa shape index (κ1) is 25.7. The maximum Gasteiger partial charge on any atom is 0.123 e. The molecule has 1 nitrogen and oxygen atoms in total. The van der Waals surface area contributed by atoms with E-state index in [-0.39, 0.29) is 11.2 Å². The van der Waals surface area contributed by atoms with Gasteiger partial charge >= 0.3 is 0 Å². The van der Waals surface area contributed by atoms with Crippen LogP contribution in [0.3, 0.4) is 0 Å². The number of para-hydroxylation sites is 1. The van der Waals surface area contributed by atoms with Gasteiger partial charge in [-0.15, -0.1) is 0 Å². The van der Waals surface area contributed by atoms with Crippen molar-refractivity contribution in [1.29, 1.82) is 0 Å². The van der Waals surface area contributed by atoms with E-state index in [1.807, 2.05) is 6.07 Å². The molecule has 0 spiro atoms. The van der Waals surface area contributed by atoms with Crippen molar-refractivity contribution in [2.45, 2.75) is 44.9 Å². The normalized spacial score (nSPS) is 17.2. The minimum absolute atomic E-state index is 0.0865. The number of hydrogen-bond acceptors (Lipinski definition) is 1. The second kappa shape index (κ2) is 9.76. The topological polar surface area (TPSA) is 3.24 Å². The van der Waals surface area contributed by atoms with Crippen molar-refractivity contribution in [1.82, 2.24) is 0 Å². The minimum atomic E-state index is -0.420. The smallest absolute Gasteiger partial charge is 0.123 e. The van der Waals surface area contributed by atoms with Gasteiger partial charge in [0.1, 0.15) is 5.82 Å². The van der Waals surface area contributed by atoms with Crippen LogP contribution in [0.1, 0.15) is 43.0 Å². The highest BCUT2D eigenvalue weighted by Crippen LogP contribution is 2.46. The van der Waals surface area contributed by atoms with E-state index < -0.39 is 5.41 Å². The fraction of sp³-hybridized carbons (Fsp3) is 0.222. The monoisotopic (exact) mass is 501 g/mol. The first-order chi connectivity index (χ1) is 18.1. The van der Waals surface area contributed by atoms with E-state index in [2.05, 4.69) is 125 Å². The molecule has 5 rings (SSSR count). The number of anilines is 1. The van der Waals surface area contributed by atoms with Crippen LogP contribution in [0.4, 0.5) is 10.1 Å². The van der Waals surface area contributed by atoms with Crippen molar-refractivity contribution in [3.8, 4) is 0 Å². The van der Waals surface area contributed by atoms with Crippen molar-refractivity contribution in [2.24, 2.45) is 0 Å². The lowest BCUT2D eigenvalue weighted by Gasteiger charge is -2.33. The van der Waals surface area contributed by atoms with Crippen molar-refractivity contribution < 1.29 is 4.39 Å². The molecule has 0 radical (unpaired) electrons. The largest absolute Gasteiger partial charge is 0.347 e. The van der Waals surface area contributed by atoms with E-state index >= 15 is 0 Å². The number of nitrogens with zero attached hydrogens (tertiary/aromatic N) is 1. The molecule has 0 bridgehead atoms. The van der Waals surface area contributed by atoms with Gasteiger partial charge in [-0.3, -0.25) is 0 Å². The summed E-state index contributed by atoms with van der Waals surface area (Å²) in [4.78, 5) is 2.28. The van der Waals surface area contributed by atoms with E-state index in [4.69, 9.17) is 0 Å². The summed E-state index contributed by atoms with van der Waals surface area (Å²) in [7, 11) is 2.13. The molecule has 1 aliphatic heterocycles. The Morgan fingerprint density at radius 2 is 1.63 bits per heavy atom. The molecule has 2 heteroatoms. The Morgan fingerprint density at radius 3 is 2.34 bits per heavy atom. The zero-order valence-corrected chi connectivity index (χ0v) is 23.1. The van der Waals surface area contributed by atoms with Gasteiger partial charge in [-0.05, 0) is 82.3 Å². The highest BCUT2D eigenvalue weighted by Gasteiger charge is 2.37. The molecule has 0 aromatic heterocycles. The standard InChI is InChI=1S/C36H36FN/c1-25-21-28-15-7-8-16-29(28)23-32(25)36(5,24-27-14-12-17-30(37)22-27)26(2)13-11-20-34-35(3,4)31-18-9-10-19-33(31)38(34)6/h7-23H,2,24H2,1,3-6H3/b13-11+,34-20+. The molecule has 1 atom stereocenters. The number of likely N-dealkylation sites (N-methyl/N-ethyl adjacent to an activating group) is 1. The van der Waals surface area contributed by atoms with Gasteiger partial charge in [0.25, 0.3) is 0 Å². The lowest BCUT2D eigenvalue weighted by molar-refractivity contribution is 0.559. The zero-order chi connectivity index (χ0) is 27.1. The highest BCUT2D eigenvalue weighted by molar-refractivity contribution is 5.84. The molecular weight excluding hydrogens is 465 g/mol. The summed E-state index contributed by atoms with van der Waals surface area (Å²) in [5.74, 6) is -0.211. The maximum absolute atomic E-state index is 14.2. The number of benzene rings is 4. The van der Waals surface area contributed by atoms with Gasteiger partial charge in [0.2, 0.25) is 0 Å². The lowest BCUT2D eigenvalue weighted by Crippen LogP contribution is -2.28. The van der Waals surface area contributed by atoms with Crippen molar-refractivity contribution in [3.05, 3.63) is 149 Å². The number of hydrogen-bond donors (Lipinski definition) is 0. The van der Waals surface area contributed by atoms with Crippen LogP contribution in [-0.4, -0.2) is 7.05 Å². The molecule has 1 aliphatic rings. The molecule has 4 aromatic carbocycles. The zero-order valence-electron chi connectivity index (χ0n) is 23.1. The summed E-state index contributed by atoms with van der Waals surface area (Å²) in [5, 5.41) is 2.42. The van der Waals surface area contributed by atoms with Crippen LogP contribution in [0.25, 0.3) is 10.8 Å². The Balaban J connectivity index is 1.55. The van der Waals surface area contributed by atoms with E-state index in [1.165, 1.54) is 44.9 Å². The molecule has 0 amide bonds. The molecule has 0 saturated carbocycles. The first-order valence-corrected chi connectivity index (χ1v) is 13.3. The lowest BCUT2D eigenvalue weighted by atomic mass is 9.70. The third-order valence-corrected chi connectivity index (χ3v) is 8.33. The van der Waals surface area contributed by atoms with Gasteiger partial charge in [0, 0.05) is 29.3 Å². The molecule has 0 saturated heterocycles. The van der Waals surface area contributed by atoms with E-state index in [0.717, 1.165) is 11.1 Å². The van der Waals surface area contributed by atoms with E-state index in [0.29, 0.717) is 6.42 Å². The van der Waals surface area contributed by atoms with Crippen LogP contribution in [0.5, 0.6) is 0 Å². The van der Waals surface area contributed by atoms with Crippen LogP contribution in [0.15, 0.2) is 121 Å². The van der Waals surface area contributed by atoms with Crippen LogP contribution >= 0.6 is 0 Å². The Bertz CT molecular complexity index is 1590. The van der Waals surface area contributed by atoms with E-state index in [9.17, 15) is 4.39 Å². The minimum Gasteiger partial charge on any atom is -0.347 e. The Morgan fingerprint density at radius 1 is 0.947 bits per heavy atom. The number of halogens is 1. The number of aryl methyl sites for hydroxylation is 1. The number of allylic oxidation sites excluding steroid dienone is 5. The van der Waals surface area contributed by atoms with Crippen molar-refractivity contribution >= 4 is 16.5 Å². The predicted octanol–water partition coefficient (Wildman–Crippen LogP) is 9.21. The molecule has 1 unspecified atom stereocenters. The summed E-state index contributed by atoms with van der Waals surface area (Å²) < 4.78 is 14.2. The first-order valence-electron chi connectivity index (χ1n) is 13.3. The fourth-order valence-electron chi connectivity index (χ4n) is 6.13. The van der Waals surface area contributed by atoms with Crippen LogP contribution in [0, 0.1) is 12.7 Å². The fourth-order valence-corrected chi connectivity index (χ4v) is 6.13. The average Bonchev–Trinajstić information content (AvgIpc) is 3.08. The summed E-state index contributed by atoms with van der Waals surface area (Å²) in [6, 6.07) is 28.5. The highest BCUT2D eigenvalue weighted by atomic mass is 19.1. The molecular formula is C36H36FN. The Labute approximate surface area is 226 Å². The molecule has 192 valence electrons. The van der Waals surface area contributed by atoms with Gasteiger partial charge in [0.05, 0.1) is 0 Å². The average molecular weight is 502 g/mol. The molecule has 0 N–H and O–H groups in total. The third kappa shape index (κ3) is 4.49. The molecule has 0 aliphatic carbocycles. The SMILES string of the molecule is C=C(/C=C/C=C1/N(C)c2ccccc2C1(C)C)C(C)(Cc1cccc(F)c1)c1cc2ccccc2cc1C. The molecule has 0 fully saturated rings. The Kier molecular flexibility index (Phi) is 6.61. The summed E-state index contributed by atoms with van der Waals surface area (Å²) in [6.07, 6.45) is 7.12. The molecule has 38 heavy (non-hydrogen) atoms. The van der Waals surface area contributed by atoms with Crippen LogP contribution in [0.2, 0.25) is 0 Å². The predicted molar refractivity (Wildman–Crippen MR) is 160 cm³/mol. The number of rotatable bonds is 6. The second-order valence-corrected chi connectivity index (χ2v) is 11.3. The van der Waals surface area contributed by atoms with Gasteiger partial charge in [-0.25, -0.2) is 4.39 Å². The van der Waals surface area contributed by atoms with Gasteiger partial charge in [0.15, 0.2) is 0 Å². The number of fused-ring (bicyclic) bond motifs is 2. The summed E-state index contributed by atoms with van der Waals surface area (Å²) in [6.45, 7) is 13.5. The second-order valence-electron chi connectivity index (χ2n) is 11.3. The van der Waals surface area contributed by atoms with Crippen LogP contribution in [-0.2, 0) is 17.3 Å². The Hall–Kier alpha value is -3.91. The van der Waals surface area contributed by atoms with Crippen LogP contribution < -0.4 is 4.90 Å². The van der Waals surface area contributed by atoms with Gasteiger partial charge in [-0.1, -0.05) is 100 Å². The van der Waals surface area contributed by atoms with Gasteiger partial charge < -0.3 is 4.90 Å². The molecule has 1 heterocycles. The molecule has 4 aromatic rings. The van der Waals surface area contributed by atoms with Crippen molar-refractivity contribution in [3.63, 3.8) is 0 Å². The third-order valence-electron chi connectivity index (χ3n) is 8.33. The quantitative estimate of drug-likeness (QED) is 0.238. The maximum atomic E-state index is 14.2. The summed E-state index contributed by atoms with van der Waals surface area (Å²) in [5.41, 5.74) is 7.70. The van der Waals surface area contributed by atoms with Crippen molar-refractivity contribution in [2.75, 3.05) is 11.9 Å². The summed E-state index contributed by atoms with van der Waals surface area (Å²) >= 11 is 0.